The number of nitrogens with one attached hydrogen (secondary N) is 1. The van der Waals surface area contributed by atoms with Crippen LogP contribution in [0.3, 0.4) is 0 Å². The highest BCUT2D eigenvalue weighted by Crippen LogP contribution is 2.15. The van der Waals surface area contributed by atoms with E-state index >= 15 is 0 Å². The van der Waals surface area contributed by atoms with E-state index in [2.05, 4.69) is 59.3 Å². The number of nitrogens with zero attached hydrogens (tertiary/aromatic N) is 2. The van der Waals surface area contributed by atoms with E-state index in [-0.39, 0.29) is 0 Å². The second-order valence-electron chi connectivity index (χ2n) is 6.16. The molecule has 1 heterocycles. The Balaban J connectivity index is 1.61. The Bertz CT molecular complexity index is 371. The lowest BCUT2D eigenvalue weighted by molar-refractivity contribution is 0.249. The van der Waals surface area contributed by atoms with Crippen molar-refractivity contribution in [3.8, 4) is 0 Å². The van der Waals surface area contributed by atoms with Gasteiger partial charge < -0.3 is 10.2 Å². The molecule has 0 amide bonds. The maximum atomic E-state index is 3.57. The van der Waals surface area contributed by atoms with Crippen LogP contribution >= 0.6 is 0 Å². The Morgan fingerprint density at radius 2 is 1.81 bits per heavy atom. The quantitative estimate of drug-likeness (QED) is 0.794. The van der Waals surface area contributed by atoms with Gasteiger partial charge in [-0.3, -0.25) is 4.90 Å². The third-order valence-corrected chi connectivity index (χ3v) is 4.35. The fourth-order valence-corrected chi connectivity index (χ4v) is 2.98. The summed E-state index contributed by atoms with van der Waals surface area (Å²) >= 11 is 0. The molecule has 1 aromatic carbocycles. The number of hydrogen-bond acceptors (Lipinski definition) is 3. The predicted octanol–water partition coefficient (Wildman–Crippen LogP) is 2.98. The normalized spacial score (nSPS) is 17.9. The fourth-order valence-electron chi connectivity index (χ4n) is 2.98. The molecule has 118 valence electrons. The first-order valence-electron chi connectivity index (χ1n) is 8.55. The number of anilines is 1. The van der Waals surface area contributed by atoms with Crippen molar-refractivity contribution in [2.75, 3.05) is 44.2 Å². The van der Waals surface area contributed by atoms with E-state index in [0.29, 0.717) is 6.04 Å². The van der Waals surface area contributed by atoms with Crippen molar-refractivity contribution >= 4 is 5.69 Å². The second kappa shape index (κ2) is 9.06. The minimum absolute atomic E-state index is 0.663. The zero-order chi connectivity index (χ0) is 14.9. The number of benzene rings is 1. The molecule has 0 saturated carbocycles. The summed E-state index contributed by atoms with van der Waals surface area (Å²) in [5.41, 5.74) is 1.37. The van der Waals surface area contributed by atoms with Crippen LogP contribution in [0.1, 0.15) is 33.1 Å². The highest BCUT2D eigenvalue weighted by Gasteiger charge is 2.16. The van der Waals surface area contributed by atoms with Crippen LogP contribution in [0.2, 0.25) is 0 Å². The van der Waals surface area contributed by atoms with E-state index in [9.17, 15) is 0 Å². The first-order chi connectivity index (χ1) is 10.3. The van der Waals surface area contributed by atoms with Gasteiger partial charge in [0.15, 0.2) is 0 Å². The van der Waals surface area contributed by atoms with Crippen LogP contribution < -0.4 is 10.2 Å². The molecule has 3 nitrogen and oxygen atoms in total. The molecule has 0 bridgehead atoms. The molecule has 1 N–H and O–H groups in total. The molecule has 1 aliphatic rings. The maximum absolute atomic E-state index is 3.57. The third kappa shape index (κ3) is 5.68. The summed E-state index contributed by atoms with van der Waals surface area (Å²) in [6.07, 6.45) is 3.83. The van der Waals surface area contributed by atoms with Crippen molar-refractivity contribution in [1.29, 1.82) is 0 Å². The van der Waals surface area contributed by atoms with Crippen molar-refractivity contribution in [1.82, 2.24) is 10.2 Å². The Labute approximate surface area is 130 Å². The Morgan fingerprint density at radius 1 is 1.10 bits per heavy atom. The molecule has 1 aliphatic heterocycles. The zero-order valence-corrected chi connectivity index (χ0v) is 13.7. The molecule has 1 saturated heterocycles. The number of hydrogen-bond donors (Lipinski definition) is 1. The lowest BCUT2D eigenvalue weighted by Gasteiger charge is -2.36. The summed E-state index contributed by atoms with van der Waals surface area (Å²) in [4.78, 5) is 5.12. The maximum Gasteiger partial charge on any atom is 0.0367 e. The van der Waals surface area contributed by atoms with E-state index in [1.807, 2.05) is 0 Å². The Hall–Kier alpha value is -1.06. The molecule has 1 atom stereocenters. The molecule has 1 aromatic rings. The van der Waals surface area contributed by atoms with Gasteiger partial charge in [-0.15, -0.1) is 0 Å². The highest BCUT2D eigenvalue weighted by molar-refractivity contribution is 5.46. The van der Waals surface area contributed by atoms with Crippen molar-refractivity contribution in [2.45, 2.75) is 39.2 Å². The van der Waals surface area contributed by atoms with E-state index in [4.69, 9.17) is 0 Å². The van der Waals surface area contributed by atoms with Crippen molar-refractivity contribution in [2.24, 2.45) is 0 Å². The standard InChI is InChI=1S/C18H31N3/c1-3-11-19-17(2)8-7-12-20-13-15-21(16-14-20)18-9-5-4-6-10-18/h4-6,9-10,17,19H,3,7-8,11-16H2,1-2H3. The van der Waals surface area contributed by atoms with Crippen LogP contribution in [0.4, 0.5) is 5.69 Å². The van der Waals surface area contributed by atoms with E-state index < -0.39 is 0 Å². The Morgan fingerprint density at radius 3 is 2.48 bits per heavy atom. The number of para-hydroxylation sites is 1. The molecule has 0 radical (unpaired) electrons. The monoisotopic (exact) mass is 289 g/mol. The van der Waals surface area contributed by atoms with Crippen molar-refractivity contribution < 1.29 is 0 Å². The molecule has 2 rings (SSSR count). The highest BCUT2D eigenvalue weighted by atomic mass is 15.3. The first-order valence-corrected chi connectivity index (χ1v) is 8.55. The minimum Gasteiger partial charge on any atom is -0.369 e. The summed E-state index contributed by atoms with van der Waals surface area (Å²) in [7, 11) is 0. The largest absolute Gasteiger partial charge is 0.369 e. The van der Waals surface area contributed by atoms with Crippen LogP contribution in [0.5, 0.6) is 0 Å². The fraction of sp³-hybridized carbons (Fsp3) is 0.667. The molecular formula is C18H31N3. The van der Waals surface area contributed by atoms with Gasteiger partial charge in [-0.1, -0.05) is 25.1 Å². The molecule has 21 heavy (non-hydrogen) atoms. The number of rotatable bonds is 8. The van der Waals surface area contributed by atoms with Gasteiger partial charge in [0, 0.05) is 37.9 Å². The van der Waals surface area contributed by atoms with Gasteiger partial charge in [0.25, 0.3) is 0 Å². The zero-order valence-electron chi connectivity index (χ0n) is 13.7. The molecule has 3 heteroatoms. The van der Waals surface area contributed by atoms with Crippen molar-refractivity contribution in [3.05, 3.63) is 30.3 Å². The van der Waals surface area contributed by atoms with Gasteiger partial charge in [-0.2, -0.15) is 0 Å². The SMILES string of the molecule is CCCNC(C)CCCN1CCN(c2ccccc2)CC1. The van der Waals surface area contributed by atoms with E-state index in [0.717, 1.165) is 19.6 Å². The van der Waals surface area contributed by atoms with E-state index in [1.54, 1.807) is 0 Å². The van der Waals surface area contributed by atoms with Gasteiger partial charge in [0.2, 0.25) is 0 Å². The smallest absolute Gasteiger partial charge is 0.0367 e. The second-order valence-corrected chi connectivity index (χ2v) is 6.16. The lowest BCUT2D eigenvalue weighted by Crippen LogP contribution is -2.46. The average molecular weight is 289 g/mol. The molecule has 0 aromatic heterocycles. The van der Waals surface area contributed by atoms with Crippen LogP contribution in [0.25, 0.3) is 0 Å². The lowest BCUT2D eigenvalue weighted by atomic mass is 10.1. The Kier molecular flexibility index (Phi) is 7.04. The van der Waals surface area contributed by atoms with Gasteiger partial charge in [-0.05, 0) is 51.4 Å². The molecule has 0 spiro atoms. The van der Waals surface area contributed by atoms with Crippen molar-refractivity contribution in [3.63, 3.8) is 0 Å². The van der Waals surface area contributed by atoms with Crippen LogP contribution in [-0.2, 0) is 0 Å². The van der Waals surface area contributed by atoms with Crippen LogP contribution in [0, 0.1) is 0 Å². The van der Waals surface area contributed by atoms with Crippen LogP contribution in [-0.4, -0.2) is 50.2 Å². The predicted molar refractivity (Wildman–Crippen MR) is 92.1 cm³/mol. The summed E-state index contributed by atoms with van der Waals surface area (Å²) < 4.78 is 0. The van der Waals surface area contributed by atoms with Gasteiger partial charge >= 0.3 is 0 Å². The number of piperazine rings is 1. The topological polar surface area (TPSA) is 18.5 Å². The van der Waals surface area contributed by atoms with Gasteiger partial charge in [-0.25, -0.2) is 0 Å². The summed E-state index contributed by atoms with van der Waals surface area (Å²) in [5.74, 6) is 0. The molecule has 1 fully saturated rings. The minimum atomic E-state index is 0.663. The third-order valence-electron chi connectivity index (χ3n) is 4.35. The average Bonchev–Trinajstić information content (AvgIpc) is 2.54. The first kappa shape index (κ1) is 16.3. The molecular weight excluding hydrogens is 258 g/mol. The summed E-state index contributed by atoms with van der Waals surface area (Å²) in [6, 6.07) is 11.5. The summed E-state index contributed by atoms with van der Waals surface area (Å²) in [6.45, 7) is 11.7. The van der Waals surface area contributed by atoms with Gasteiger partial charge in [0.1, 0.15) is 0 Å². The van der Waals surface area contributed by atoms with Gasteiger partial charge in [0.05, 0.1) is 0 Å². The van der Waals surface area contributed by atoms with Crippen LogP contribution in [0.15, 0.2) is 30.3 Å². The molecule has 0 aliphatic carbocycles. The van der Waals surface area contributed by atoms with E-state index in [1.165, 1.54) is 44.6 Å². The molecule has 1 unspecified atom stereocenters. The summed E-state index contributed by atoms with van der Waals surface area (Å²) in [5, 5.41) is 3.57.